The molecule has 1 unspecified atom stereocenters. The smallest absolute Gasteiger partial charge is 0.250 e. The summed E-state index contributed by atoms with van der Waals surface area (Å²) >= 11 is 0. The molecule has 8 heteroatoms. The molecule has 0 amide bonds. The summed E-state index contributed by atoms with van der Waals surface area (Å²) in [6.45, 7) is 36.6. The van der Waals surface area contributed by atoms with E-state index in [-0.39, 0.29) is 26.7 Å². The van der Waals surface area contributed by atoms with E-state index in [0.717, 1.165) is 5.57 Å². The van der Waals surface area contributed by atoms with E-state index < -0.39 is 31.1 Å². The first kappa shape index (κ1) is 36.4. The van der Waals surface area contributed by atoms with Gasteiger partial charge in [0.05, 0.1) is 17.2 Å². The lowest BCUT2D eigenvalue weighted by Gasteiger charge is -2.41. The summed E-state index contributed by atoms with van der Waals surface area (Å²) in [6.07, 6.45) is 3.59. The molecular weight excluding hydrogens is 573 g/mol. The van der Waals surface area contributed by atoms with Gasteiger partial charge in [0.1, 0.15) is 11.5 Å². The highest BCUT2D eigenvalue weighted by atomic mass is 28.4. The second-order valence-electron chi connectivity index (χ2n) is 16.7. The van der Waals surface area contributed by atoms with Gasteiger partial charge < -0.3 is 13.3 Å². The normalized spacial score (nSPS) is 16.1. The zero-order valence-electron chi connectivity index (χ0n) is 29.6. The van der Waals surface area contributed by atoms with Crippen LogP contribution in [0.15, 0.2) is 35.4 Å². The van der Waals surface area contributed by atoms with Crippen LogP contribution < -0.4 is 8.85 Å². The van der Waals surface area contributed by atoms with Crippen molar-refractivity contribution in [1.29, 1.82) is 0 Å². The third-order valence-corrected chi connectivity index (χ3v) is 23.0. The van der Waals surface area contributed by atoms with Gasteiger partial charge in [0.15, 0.2) is 19.9 Å². The van der Waals surface area contributed by atoms with Crippen LogP contribution in [0.1, 0.15) is 103 Å². The van der Waals surface area contributed by atoms with E-state index in [2.05, 4.69) is 108 Å². The summed E-state index contributed by atoms with van der Waals surface area (Å²) in [4.78, 5) is 28.8. The van der Waals surface area contributed by atoms with Crippen molar-refractivity contribution in [3.8, 4) is 11.5 Å². The van der Waals surface area contributed by atoms with Crippen molar-refractivity contribution < 1.29 is 22.9 Å². The van der Waals surface area contributed by atoms with Crippen molar-refractivity contribution in [3.05, 3.63) is 46.6 Å². The quantitative estimate of drug-likeness (QED) is 0.201. The number of carbonyl (C=O) groups excluding carboxylic acids is 2. The van der Waals surface area contributed by atoms with E-state index >= 15 is 0 Å². The molecule has 2 rings (SSSR count). The number of hydrogen-bond donors (Lipinski definition) is 0. The van der Waals surface area contributed by atoms with E-state index in [9.17, 15) is 9.59 Å². The maximum Gasteiger partial charge on any atom is 0.250 e. The Labute approximate surface area is 259 Å². The lowest BCUT2D eigenvalue weighted by molar-refractivity contribution is 0.0948. The molecule has 0 radical (unpaired) electrons. The van der Waals surface area contributed by atoms with E-state index in [0.29, 0.717) is 34.6 Å². The van der Waals surface area contributed by atoms with Gasteiger partial charge >= 0.3 is 0 Å². The fourth-order valence-corrected chi connectivity index (χ4v) is 7.18. The predicted molar refractivity (Wildman–Crippen MR) is 185 cm³/mol. The molecule has 1 atom stereocenters. The van der Waals surface area contributed by atoms with Crippen molar-refractivity contribution in [1.82, 2.24) is 0 Å². The van der Waals surface area contributed by atoms with Gasteiger partial charge in [0.25, 0.3) is 16.6 Å². The van der Waals surface area contributed by atoms with Crippen LogP contribution in [-0.4, -0.2) is 42.6 Å². The van der Waals surface area contributed by atoms with Crippen molar-refractivity contribution in [3.63, 3.8) is 0 Å². The maximum atomic E-state index is 14.6. The van der Waals surface area contributed by atoms with Crippen LogP contribution in [0.5, 0.6) is 11.5 Å². The Morgan fingerprint density at radius 3 is 1.50 bits per heavy atom. The van der Waals surface area contributed by atoms with E-state index in [1.165, 1.54) is 6.08 Å². The molecule has 236 valence electrons. The number of ketones is 2. The molecule has 0 spiro atoms. The minimum absolute atomic E-state index is 0.0583. The zero-order chi connectivity index (χ0) is 32.9. The SMILES string of the molecule is CC(C)=CCC(O[Si](C)(C)C(C)(C)C)C1=CC(=O)c2c(O[Si](C)(C)C(C)(C)C)ccc(O[Si](C)(C)C(C)(C)C)c2C1=O. The molecule has 0 saturated carbocycles. The average molecular weight is 631 g/mol. The van der Waals surface area contributed by atoms with Crippen LogP contribution in [0.3, 0.4) is 0 Å². The van der Waals surface area contributed by atoms with Crippen LogP contribution in [0.25, 0.3) is 0 Å². The number of rotatable bonds is 9. The number of allylic oxidation sites excluding steroid dienone is 2. The van der Waals surface area contributed by atoms with Crippen LogP contribution in [-0.2, 0) is 4.43 Å². The third kappa shape index (κ3) is 7.85. The second-order valence-corrected chi connectivity index (χ2v) is 30.9. The first-order valence-corrected chi connectivity index (χ1v) is 24.0. The van der Waals surface area contributed by atoms with Gasteiger partial charge in [0, 0.05) is 5.57 Å². The summed E-state index contributed by atoms with van der Waals surface area (Å²) < 4.78 is 20.3. The summed E-state index contributed by atoms with van der Waals surface area (Å²) in [5.74, 6) is 0.510. The molecule has 0 N–H and O–H groups in total. The lowest BCUT2D eigenvalue weighted by Crippen LogP contribution is -2.46. The van der Waals surface area contributed by atoms with Crippen molar-refractivity contribution in [2.45, 2.75) is 143 Å². The molecule has 0 saturated heterocycles. The van der Waals surface area contributed by atoms with Crippen LogP contribution in [0, 0.1) is 0 Å². The molecule has 5 nitrogen and oxygen atoms in total. The van der Waals surface area contributed by atoms with Gasteiger partial charge in [-0.1, -0.05) is 74.0 Å². The first-order valence-electron chi connectivity index (χ1n) is 15.3. The Bertz CT molecular complexity index is 1260. The number of benzene rings is 1. The van der Waals surface area contributed by atoms with Gasteiger partial charge in [-0.3, -0.25) is 9.59 Å². The van der Waals surface area contributed by atoms with Gasteiger partial charge in [-0.2, -0.15) is 0 Å². The molecule has 0 bridgehead atoms. The molecule has 1 aliphatic rings. The fourth-order valence-electron chi connectivity index (χ4n) is 3.84. The highest BCUT2D eigenvalue weighted by Gasteiger charge is 2.46. The fraction of sp³-hybridized carbons (Fsp3) is 0.647. The molecule has 0 aliphatic heterocycles. The van der Waals surface area contributed by atoms with Crippen molar-refractivity contribution in [2.24, 2.45) is 0 Å². The van der Waals surface area contributed by atoms with Crippen LogP contribution in [0.4, 0.5) is 0 Å². The summed E-state index contributed by atoms with van der Waals surface area (Å²) in [5, 5.41) is -0.226. The van der Waals surface area contributed by atoms with Gasteiger partial charge in [-0.15, -0.1) is 0 Å². The zero-order valence-corrected chi connectivity index (χ0v) is 32.6. The monoisotopic (exact) mass is 630 g/mol. The van der Waals surface area contributed by atoms with Gasteiger partial charge in [0.2, 0.25) is 0 Å². The largest absolute Gasteiger partial charge is 0.543 e. The first-order chi connectivity index (χ1) is 18.6. The molecule has 0 fully saturated rings. The van der Waals surface area contributed by atoms with E-state index in [4.69, 9.17) is 13.3 Å². The molecule has 1 aliphatic carbocycles. The maximum absolute atomic E-state index is 14.6. The van der Waals surface area contributed by atoms with Gasteiger partial charge in [-0.25, -0.2) is 0 Å². The van der Waals surface area contributed by atoms with Gasteiger partial charge in [-0.05, 0) is 92.9 Å². The Kier molecular flexibility index (Phi) is 10.4. The van der Waals surface area contributed by atoms with Crippen LogP contribution >= 0.6 is 0 Å². The molecule has 0 aromatic heterocycles. The Balaban J connectivity index is 2.83. The Morgan fingerprint density at radius 1 is 0.714 bits per heavy atom. The number of fused-ring (bicyclic) bond motifs is 1. The molecular formula is C34H58O5Si3. The number of carbonyl (C=O) groups is 2. The standard InChI is InChI=1S/C34H58O5Si3/c1-23(2)18-19-26(37-40(12,13)32(3,4)5)24-22-25(35)29-27(38-41(14,15)33(6,7)8)20-21-28(30(29)31(24)36)39-42(16,17)34(9,10)11/h18,20-22,26H,19H2,1-17H3. The second kappa shape index (κ2) is 12.0. The lowest BCUT2D eigenvalue weighted by atomic mass is 9.85. The summed E-state index contributed by atoms with van der Waals surface area (Å²) in [6, 6.07) is 3.67. The molecule has 42 heavy (non-hydrogen) atoms. The van der Waals surface area contributed by atoms with Crippen molar-refractivity contribution >= 4 is 36.5 Å². The average Bonchev–Trinajstić information content (AvgIpc) is 2.77. The summed E-state index contributed by atoms with van der Waals surface area (Å²) in [5.41, 5.74) is 2.18. The summed E-state index contributed by atoms with van der Waals surface area (Å²) in [7, 11) is -6.94. The molecule has 1 aromatic carbocycles. The number of Topliss-reactive ketones (excluding diaryl/α,β-unsaturated/α-hetero) is 1. The van der Waals surface area contributed by atoms with Crippen molar-refractivity contribution in [2.75, 3.05) is 0 Å². The minimum atomic E-state index is -2.34. The topological polar surface area (TPSA) is 61.8 Å². The predicted octanol–water partition coefficient (Wildman–Crippen LogP) is 10.5. The molecule has 0 heterocycles. The number of hydrogen-bond acceptors (Lipinski definition) is 5. The third-order valence-electron chi connectivity index (χ3n) is 9.82. The highest BCUT2D eigenvalue weighted by Crippen LogP contribution is 2.46. The molecule has 1 aromatic rings. The van der Waals surface area contributed by atoms with Crippen LogP contribution in [0.2, 0.25) is 54.4 Å². The Morgan fingerprint density at radius 2 is 1.12 bits per heavy atom. The highest BCUT2D eigenvalue weighted by molar-refractivity contribution is 6.75. The van der Waals surface area contributed by atoms with E-state index in [1.54, 1.807) is 0 Å². The van der Waals surface area contributed by atoms with E-state index in [1.807, 2.05) is 26.0 Å². The minimum Gasteiger partial charge on any atom is -0.543 e. The Hall–Kier alpha value is -1.75.